The quantitative estimate of drug-likeness (QED) is 0.556. The van der Waals surface area contributed by atoms with E-state index in [1.165, 1.54) is 23.5 Å². The van der Waals surface area contributed by atoms with Crippen molar-refractivity contribution in [3.63, 3.8) is 0 Å². The number of primary amides is 1. The molecule has 6 rings (SSSR count). The third-order valence-electron chi connectivity index (χ3n) is 5.75. The van der Waals surface area contributed by atoms with Crippen LogP contribution in [0.3, 0.4) is 0 Å². The summed E-state index contributed by atoms with van der Waals surface area (Å²) in [6, 6.07) is 2.80. The molecule has 2 bridgehead atoms. The van der Waals surface area contributed by atoms with Crippen molar-refractivity contribution >= 4 is 40.5 Å². The van der Waals surface area contributed by atoms with Gasteiger partial charge in [-0.15, -0.1) is 11.3 Å². The predicted octanol–water partition coefficient (Wildman–Crippen LogP) is 3.61. The fraction of sp³-hybridized carbons (Fsp3) is 0.455. The van der Waals surface area contributed by atoms with E-state index < -0.39 is 17.6 Å². The van der Waals surface area contributed by atoms with Crippen molar-refractivity contribution in [2.24, 2.45) is 5.73 Å². The Morgan fingerprint density at radius 1 is 1.23 bits per heavy atom. The van der Waals surface area contributed by atoms with Gasteiger partial charge < -0.3 is 24.5 Å². The molecule has 2 amide bonds. The number of thiazole rings is 1. The zero-order chi connectivity index (χ0) is 25.1. The van der Waals surface area contributed by atoms with E-state index in [0.717, 1.165) is 6.42 Å². The van der Waals surface area contributed by atoms with Crippen LogP contribution in [0.15, 0.2) is 28.1 Å². The minimum absolute atomic E-state index is 0.0110. The molecule has 186 valence electrons. The average molecular weight is 508 g/mol. The minimum atomic E-state index is -4.23. The number of hydrogen-bond donors (Lipinski definition) is 1. The molecule has 13 heteroatoms. The van der Waals surface area contributed by atoms with Crippen LogP contribution in [0.25, 0.3) is 21.7 Å². The van der Waals surface area contributed by atoms with Crippen LogP contribution in [0, 0.1) is 0 Å². The van der Waals surface area contributed by atoms with Gasteiger partial charge in [-0.3, -0.25) is 9.69 Å². The number of amides is 2. The van der Waals surface area contributed by atoms with Gasteiger partial charge in [0.2, 0.25) is 0 Å². The number of aromatic nitrogens is 2. The van der Waals surface area contributed by atoms with Gasteiger partial charge in [-0.2, -0.15) is 13.8 Å². The Balaban J connectivity index is 1.46. The molecule has 10 nitrogen and oxygen atoms in total. The van der Waals surface area contributed by atoms with Crippen LogP contribution in [0.5, 0.6) is 5.75 Å². The number of carbonyl (C=O) groups excluding carboxylic acids is 2. The molecule has 3 aliphatic heterocycles. The van der Waals surface area contributed by atoms with Crippen molar-refractivity contribution < 1.29 is 32.3 Å². The topological polar surface area (TPSA) is 124 Å². The van der Waals surface area contributed by atoms with Gasteiger partial charge in [-0.05, 0) is 39.3 Å². The zero-order valence-electron chi connectivity index (χ0n) is 19.2. The van der Waals surface area contributed by atoms with E-state index in [-0.39, 0.29) is 41.0 Å². The molecule has 3 aliphatic rings. The van der Waals surface area contributed by atoms with Crippen molar-refractivity contribution in [3.8, 4) is 16.3 Å². The fourth-order valence-electron chi connectivity index (χ4n) is 4.28. The number of benzene rings is 1. The summed E-state index contributed by atoms with van der Waals surface area (Å²) < 4.78 is 44.1. The Bertz CT molecular complexity index is 1280. The molecule has 2 aromatic heterocycles. The maximum Gasteiger partial charge on any atom is 0.482 e. The number of oxazole rings is 1. The number of ether oxygens (including phenoxy) is 2. The first-order chi connectivity index (χ1) is 16.4. The van der Waals surface area contributed by atoms with Crippen molar-refractivity contribution in [2.45, 2.75) is 51.0 Å². The van der Waals surface area contributed by atoms with E-state index in [1.54, 1.807) is 16.5 Å². The number of hydrogen-bond acceptors (Lipinski definition) is 9. The standard InChI is InChI=1S/C22H23F2N5O5S/c1-21(2,3)34-20(31)29-11-8-12(29)10-28(9-11)19-27-15-14(33-22(23,24)18(25)30)5-4-13(16(15)32-19)17-26-6-7-35-17/h4-7,11-12H,8-10H2,1-3H3,(H2,25,30). The third kappa shape index (κ3) is 4.24. The molecule has 35 heavy (non-hydrogen) atoms. The number of piperazine rings is 1. The third-order valence-corrected chi connectivity index (χ3v) is 6.56. The molecule has 5 heterocycles. The smallest absolute Gasteiger partial charge is 0.444 e. The molecule has 2 unspecified atom stereocenters. The van der Waals surface area contributed by atoms with Crippen LogP contribution in [-0.4, -0.2) is 63.8 Å². The summed E-state index contributed by atoms with van der Waals surface area (Å²) in [5, 5.41) is 2.37. The van der Waals surface area contributed by atoms with Gasteiger partial charge >= 0.3 is 18.1 Å². The summed E-state index contributed by atoms with van der Waals surface area (Å²) >= 11 is 1.34. The first-order valence-electron chi connectivity index (χ1n) is 10.9. The lowest BCUT2D eigenvalue weighted by atomic mass is 9.88. The highest BCUT2D eigenvalue weighted by molar-refractivity contribution is 7.13. The molecular weight excluding hydrogens is 484 g/mol. The van der Waals surface area contributed by atoms with E-state index in [0.29, 0.717) is 23.7 Å². The highest BCUT2D eigenvalue weighted by Gasteiger charge is 2.50. The van der Waals surface area contributed by atoms with Crippen molar-refractivity contribution in [1.29, 1.82) is 0 Å². The second kappa shape index (κ2) is 8.04. The summed E-state index contributed by atoms with van der Waals surface area (Å²) in [4.78, 5) is 35.9. The fourth-order valence-corrected chi connectivity index (χ4v) is 4.94. The van der Waals surface area contributed by atoms with E-state index >= 15 is 0 Å². The Morgan fingerprint density at radius 2 is 1.94 bits per heavy atom. The van der Waals surface area contributed by atoms with E-state index in [9.17, 15) is 18.4 Å². The molecule has 0 radical (unpaired) electrons. The number of halogens is 2. The normalized spacial score (nSPS) is 20.0. The van der Waals surface area contributed by atoms with Crippen molar-refractivity contribution in [2.75, 3.05) is 18.0 Å². The Morgan fingerprint density at radius 3 is 2.54 bits per heavy atom. The zero-order valence-corrected chi connectivity index (χ0v) is 20.0. The molecular formula is C22H23F2N5O5S. The Hall–Kier alpha value is -3.48. The van der Waals surface area contributed by atoms with Crippen LogP contribution in [0.1, 0.15) is 27.2 Å². The number of nitrogens with two attached hydrogens (primary N) is 1. The molecule has 0 spiro atoms. The van der Waals surface area contributed by atoms with Gasteiger partial charge in [-0.1, -0.05) is 0 Å². The molecule has 3 saturated heterocycles. The van der Waals surface area contributed by atoms with Gasteiger partial charge in [0.1, 0.15) is 10.6 Å². The minimum Gasteiger partial charge on any atom is -0.444 e. The summed E-state index contributed by atoms with van der Waals surface area (Å²) in [7, 11) is 0. The van der Waals surface area contributed by atoms with E-state index in [2.05, 4.69) is 14.7 Å². The van der Waals surface area contributed by atoms with Crippen LogP contribution in [0.2, 0.25) is 0 Å². The van der Waals surface area contributed by atoms with Gasteiger partial charge in [0, 0.05) is 24.7 Å². The first-order valence-corrected chi connectivity index (χ1v) is 11.8. The summed E-state index contributed by atoms with van der Waals surface area (Å²) in [6.45, 7) is 6.30. The SMILES string of the molecule is CC(C)(C)OC(=O)N1C2CC1CN(c1nc3c(OC(F)(F)C(N)=O)ccc(-c4nccs4)c3o1)C2. The maximum atomic E-state index is 14.0. The molecule has 3 aromatic rings. The van der Waals surface area contributed by atoms with Crippen LogP contribution in [-0.2, 0) is 9.53 Å². The second-order valence-electron chi connectivity index (χ2n) is 9.44. The Kier molecular flexibility index (Phi) is 5.34. The van der Waals surface area contributed by atoms with Gasteiger partial charge in [0.25, 0.3) is 6.01 Å². The molecule has 2 N–H and O–H groups in total. The Labute approximate surface area is 202 Å². The highest BCUT2D eigenvalue weighted by atomic mass is 32.1. The number of fused-ring (bicyclic) bond motifs is 3. The van der Waals surface area contributed by atoms with Gasteiger partial charge in [-0.25, -0.2) is 9.78 Å². The monoisotopic (exact) mass is 507 g/mol. The van der Waals surface area contributed by atoms with Crippen LogP contribution < -0.4 is 15.4 Å². The summed E-state index contributed by atoms with van der Waals surface area (Å²) in [5.41, 5.74) is 4.91. The predicted molar refractivity (Wildman–Crippen MR) is 122 cm³/mol. The van der Waals surface area contributed by atoms with E-state index in [4.69, 9.17) is 14.9 Å². The van der Waals surface area contributed by atoms with Crippen LogP contribution >= 0.6 is 11.3 Å². The highest BCUT2D eigenvalue weighted by Crippen LogP contribution is 2.41. The second-order valence-corrected chi connectivity index (χ2v) is 10.3. The van der Waals surface area contributed by atoms with Gasteiger partial charge in [0.05, 0.1) is 17.6 Å². The maximum absolute atomic E-state index is 14.0. The average Bonchev–Trinajstić information content (AvgIpc) is 3.43. The lowest BCUT2D eigenvalue weighted by Crippen LogP contribution is -2.70. The largest absolute Gasteiger partial charge is 0.482 e. The molecule has 3 fully saturated rings. The lowest BCUT2D eigenvalue weighted by Gasteiger charge is -2.55. The van der Waals surface area contributed by atoms with Crippen molar-refractivity contribution in [3.05, 3.63) is 23.7 Å². The van der Waals surface area contributed by atoms with Crippen molar-refractivity contribution in [1.82, 2.24) is 14.9 Å². The number of rotatable bonds is 5. The summed E-state index contributed by atoms with van der Waals surface area (Å²) in [6.07, 6.45) is -2.17. The molecule has 1 aromatic carbocycles. The first kappa shape index (κ1) is 23.3. The summed E-state index contributed by atoms with van der Waals surface area (Å²) in [5.74, 6) is -2.27. The number of alkyl halides is 2. The number of piperidine rings is 1. The number of anilines is 1. The molecule has 0 saturated carbocycles. The molecule has 0 aliphatic carbocycles. The van der Waals surface area contributed by atoms with Gasteiger partial charge in [0.15, 0.2) is 16.8 Å². The van der Waals surface area contributed by atoms with E-state index in [1.807, 2.05) is 25.7 Å². The molecule has 2 atom stereocenters. The van der Waals surface area contributed by atoms with Crippen LogP contribution in [0.4, 0.5) is 19.6 Å². The number of nitrogens with zero attached hydrogens (tertiary/aromatic N) is 4. The number of carbonyl (C=O) groups is 2. The lowest BCUT2D eigenvalue weighted by molar-refractivity contribution is -0.189.